The summed E-state index contributed by atoms with van der Waals surface area (Å²) in [6.45, 7) is 5.65. The van der Waals surface area contributed by atoms with E-state index in [1.54, 1.807) is 0 Å². The first-order chi connectivity index (χ1) is 11.8. The molecule has 24 heavy (non-hydrogen) atoms. The second kappa shape index (κ2) is 9.16. The largest absolute Gasteiger partial charge is 0.379 e. The van der Waals surface area contributed by atoms with E-state index in [1.165, 1.54) is 5.56 Å². The SMILES string of the molecule is O=C(CC[C@@H]1CCCO1)Nc1ccc(CCN2CCOCC2)cc1. The molecule has 0 radical (unpaired) electrons. The summed E-state index contributed by atoms with van der Waals surface area (Å²) in [4.78, 5) is 14.4. The fourth-order valence-electron chi connectivity index (χ4n) is 3.25. The van der Waals surface area contributed by atoms with Gasteiger partial charge >= 0.3 is 0 Å². The number of ether oxygens (including phenoxy) is 2. The molecule has 0 saturated carbocycles. The zero-order valence-electron chi connectivity index (χ0n) is 14.3. The van der Waals surface area contributed by atoms with Crippen molar-refractivity contribution >= 4 is 11.6 Å². The van der Waals surface area contributed by atoms with Crippen molar-refractivity contribution in [2.75, 3.05) is 44.8 Å². The van der Waals surface area contributed by atoms with Crippen LogP contribution in [0.2, 0.25) is 0 Å². The van der Waals surface area contributed by atoms with Crippen LogP contribution in [0.5, 0.6) is 0 Å². The Morgan fingerprint density at radius 1 is 1.17 bits per heavy atom. The lowest BCUT2D eigenvalue weighted by Crippen LogP contribution is -2.37. The lowest BCUT2D eigenvalue weighted by molar-refractivity contribution is -0.116. The molecule has 1 aromatic rings. The third-order valence-electron chi connectivity index (χ3n) is 4.78. The molecule has 2 fully saturated rings. The van der Waals surface area contributed by atoms with Crippen LogP contribution in [-0.2, 0) is 20.7 Å². The Labute approximate surface area is 144 Å². The molecular weight excluding hydrogens is 304 g/mol. The number of morpholine rings is 1. The predicted molar refractivity (Wildman–Crippen MR) is 94.2 cm³/mol. The van der Waals surface area contributed by atoms with E-state index in [4.69, 9.17) is 9.47 Å². The highest BCUT2D eigenvalue weighted by molar-refractivity contribution is 5.90. The molecule has 2 aliphatic rings. The smallest absolute Gasteiger partial charge is 0.224 e. The summed E-state index contributed by atoms with van der Waals surface area (Å²) in [6.07, 6.45) is 4.88. The van der Waals surface area contributed by atoms with Gasteiger partial charge in [-0.05, 0) is 43.4 Å². The molecule has 0 unspecified atom stereocenters. The van der Waals surface area contributed by atoms with Gasteiger partial charge in [0.25, 0.3) is 0 Å². The van der Waals surface area contributed by atoms with Crippen molar-refractivity contribution in [3.8, 4) is 0 Å². The first kappa shape index (κ1) is 17.4. The van der Waals surface area contributed by atoms with Crippen LogP contribution >= 0.6 is 0 Å². The first-order valence-corrected chi connectivity index (χ1v) is 9.10. The van der Waals surface area contributed by atoms with Gasteiger partial charge in [-0.2, -0.15) is 0 Å². The number of hydrogen-bond acceptors (Lipinski definition) is 4. The second-order valence-corrected chi connectivity index (χ2v) is 6.62. The van der Waals surface area contributed by atoms with Gasteiger partial charge in [0.1, 0.15) is 0 Å². The van der Waals surface area contributed by atoms with Gasteiger partial charge in [0.2, 0.25) is 5.91 Å². The van der Waals surface area contributed by atoms with Gasteiger partial charge in [0, 0.05) is 38.3 Å². The molecule has 0 aliphatic carbocycles. The Hall–Kier alpha value is -1.43. The highest BCUT2D eigenvalue weighted by Gasteiger charge is 2.16. The zero-order chi connectivity index (χ0) is 16.6. The second-order valence-electron chi connectivity index (χ2n) is 6.62. The predicted octanol–water partition coefficient (Wildman–Crippen LogP) is 2.46. The maximum Gasteiger partial charge on any atom is 0.224 e. The highest BCUT2D eigenvalue weighted by Crippen LogP contribution is 2.17. The summed E-state index contributed by atoms with van der Waals surface area (Å²) in [6, 6.07) is 8.21. The fraction of sp³-hybridized carbons (Fsp3) is 0.632. The Morgan fingerprint density at radius 3 is 2.67 bits per heavy atom. The van der Waals surface area contributed by atoms with Crippen molar-refractivity contribution in [2.24, 2.45) is 0 Å². The Morgan fingerprint density at radius 2 is 1.96 bits per heavy atom. The molecule has 0 spiro atoms. The third-order valence-corrected chi connectivity index (χ3v) is 4.78. The van der Waals surface area contributed by atoms with Crippen molar-refractivity contribution in [1.82, 2.24) is 4.90 Å². The van der Waals surface area contributed by atoms with Crippen LogP contribution in [0.25, 0.3) is 0 Å². The van der Waals surface area contributed by atoms with Crippen molar-refractivity contribution in [3.05, 3.63) is 29.8 Å². The van der Waals surface area contributed by atoms with Gasteiger partial charge in [0.15, 0.2) is 0 Å². The van der Waals surface area contributed by atoms with E-state index in [-0.39, 0.29) is 12.0 Å². The highest BCUT2D eigenvalue weighted by atomic mass is 16.5. The molecule has 5 heteroatoms. The summed E-state index contributed by atoms with van der Waals surface area (Å²) < 4.78 is 10.9. The molecule has 3 rings (SSSR count). The lowest BCUT2D eigenvalue weighted by Gasteiger charge is -2.26. The molecule has 1 aromatic carbocycles. The zero-order valence-corrected chi connectivity index (χ0v) is 14.3. The van der Waals surface area contributed by atoms with Crippen LogP contribution in [0.15, 0.2) is 24.3 Å². The number of rotatable bonds is 7. The Kier molecular flexibility index (Phi) is 6.64. The maximum absolute atomic E-state index is 12.0. The molecule has 132 valence electrons. The van der Waals surface area contributed by atoms with Crippen molar-refractivity contribution in [3.63, 3.8) is 0 Å². The van der Waals surface area contributed by atoms with Gasteiger partial charge in [-0.25, -0.2) is 0 Å². The molecule has 2 heterocycles. The van der Waals surface area contributed by atoms with Crippen LogP contribution in [0, 0.1) is 0 Å². The quantitative estimate of drug-likeness (QED) is 0.833. The molecule has 1 atom stereocenters. The summed E-state index contributed by atoms with van der Waals surface area (Å²) in [5, 5.41) is 2.98. The minimum atomic E-state index is 0.0755. The first-order valence-electron chi connectivity index (χ1n) is 9.10. The summed E-state index contributed by atoms with van der Waals surface area (Å²) in [7, 11) is 0. The normalized spacial score (nSPS) is 21.8. The average molecular weight is 332 g/mol. The standard InChI is InChI=1S/C19H28N2O3/c22-19(8-7-18-2-1-13-24-18)20-17-5-3-16(4-6-17)9-10-21-11-14-23-15-12-21/h3-6,18H,1-2,7-15H2,(H,20,22)/t18-/m0/s1. The third kappa shape index (κ3) is 5.58. The monoisotopic (exact) mass is 332 g/mol. The van der Waals surface area contributed by atoms with E-state index >= 15 is 0 Å². The molecular formula is C19H28N2O3. The number of nitrogens with one attached hydrogen (secondary N) is 1. The topological polar surface area (TPSA) is 50.8 Å². The van der Waals surface area contributed by atoms with E-state index in [0.717, 1.165) is 70.8 Å². The number of carbonyl (C=O) groups is 1. The molecule has 1 N–H and O–H groups in total. The van der Waals surface area contributed by atoms with Gasteiger partial charge in [-0.15, -0.1) is 0 Å². The Bertz CT molecular complexity index is 506. The van der Waals surface area contributed by atoms with E-state index in [9.17, 15) is 4.79 Å². The van der Waals surface area contributed by atoms with E-state index < -0.39 is 0 Å². The number of hydrogen-bond donors (Lipinski definition) is 1. The number of carbonyl (C=O) groups excluding carboxylic acids is 1. The molecule has 2 saturated heterocycles. The van der Waals surface area contributed by atoms with Crippen LogP contribution < -0.4 is 5.32 Å². The van der Waals surface area contributed by atoms with Crippen LogP contribution in [-0.4, -0.2) is 56.4 Å². The van der Waals surface area contributed by atoms with Crippen LogP contribution in [0.1, 0.15) is 31.2 Å². The van der Waals surface area contributed by atoms with E-state index in [1.807, 2.05) is 12.1 Å². The number of amides is 1. The van der Waals surface area contributed by atoms with Gasteiger partial charge in [0.05, 0.1) is 19.3 Å². The van der Waals surface area contributed by atoms with E-state index in [2.05, 4.69) is 22.3 Å². The number of nitrogens with zero attached hydrogens (tertiary/aromatic N) is 1. The van der Waals surface area contributed by atoms with Gasteiger partial charge in [-0.1, -0.05) is 12.1 Å². The van der Waals surface area contributed by atoms with E-state index in [0.29, 0.717) is 6.42 Å². The van der Waals surface area contributed by atoms with Crippen LogP contribution in [0.4, 0.5) is 5.69 Å². The minimum Gasteiger partial charge on any atom is -0.379 e. The number of benzene rings is 1. The molecule has 1 amide bonds. The van der Waals surface area contributed by atoms with Crippen LogP contribution in [0.3, 0.4) is 0 Å². The van der Waals surface area contributed by atoms with Crippen molar-refractivity contribution < 1.29 is 14.3 Å². The molecule has 0 aromatic heterocycles. The van der Waals surface area contributed by atoms with Crippen molar-refractivity contribution in [2.45, 2.75) is 38.2 Å². The fourth-order valence-corrected chi connectivity index (χ4v) is 3.25. The molecule has 2 aliphatic heterocycles. The van der Waals surface area contributed by atoms with Gasteiger partial charge < -0.3 is 14.8 Å². The summed E-state index contributed by atoms with van der Waals surface area (Å²) >= 11 is 0. The number of anilines is 1. The molecule has 0 bridgehead atoms. The summed E-state index contributed by atoms with van der Waals surface area (Å²) in [5.74, 6) is 0.0755. The maximum atomic E-state index is 12.0. The average Bonchev–Trinajstić information content (AvgIpc) is 3.14. The lowest BCUT2D eigenvalue weighted by atomic mass is 10.1. The summed E-state index contributed by atoms with van der Waals surface area (Å²) in [5.41, 5.74) is 2.18. The minimum absolute atomic E-state index is 0.0755. The van der Waals surface area contributed by atoms with Gasteiger partial charge in [-0.3, -0.25) is 9.69 Å². The van der Waals surface area contributed by atoms with Crippen molar-refractivity contribution in [1.29, 1.82) is 0 Å². The molecule has 5 nitrogen and oxygen atoms in total. The Balaban J connectivity index is 1.37.